The van der Waals surface area contributed by atoms with Crippen LogP contribution in [0.5, 0.6) is 5.75 Å². The molecule has 2 N–H and O–H groups in total. The van der Waals surface area contributed by atoms with E-state index in [-0.39, 0.29) is 17.1 Å². The molecule has 0 radical (unpaired) electrons. The summed E-state index contributed by atoms with van der Waals surface area (Å²) in [5.74, 6) is 0.563. The van der Waals surface area contributed by atoms with E-state index in [0.29, 0.717) is 6.61 Å². The lowest BCUT2D eigenvalue weighted by molar-refractivity contribution is 0.271. The van der Waals surface area contributed by atoms with Crippen molar-refractivity contribution in [3.63, 3.8) is 0 Å². The van der Waals surface area contributed by atoms with Crippen LogP contribution >= 0.6 is 0 Å². The molecule has 0 heterocycles. The zero-order valence-corrected chi connectivity index (χ0v) is 12.8. The molecule has 0 spiro atoms. The average molecular weight is 285 g/mol. The summed E-state index contributed by atoms with van der Waals surface area (Å²) in [4.78, 5) is 0. The highest BCUT2D eigenvalue weighted by atomic mass is 32.2. The van der Waals surface area contributed by atoms with Crippen LogP contribution in [0.3, 0.4) is 0 Å². The molecule has 0 aromatic heterocycles. The van der Waals surface area contributed by atoms with Gasteiger partial charge in [-0.15, -0.1) is 0 Å². The lowest BCUT2D eigenvalue weighted by Gasteiger charge is -2.20. The van der Waals surface area contributed by atoms with E-state index < -0.39 is 10.0 Å². The van der Waals surface area contributed by atoms with Crippen molar-refractivity contribution >= 4 is 10.0 Å². The Morgan fingerprint density at radius 2 is 1.95 bits per heavy atom. The fourth-order valence-electron chi connectivity index (χ4n) is 1.74. The quantitative estimate of drug-likeness (QED) is 0.902. The number of hydrogen-bond donors (Lipinski definition) is 1. The first-order valence-corrected chi connectivity index (χ1v) is 8.03. The SMILES string of the molecule is CC(COc1cccc(C(C)(C)C)c1)CS(N)(=O)=O. The van der Waals surface area contributed by atoms with Gasteiger partial charge < -0.3 is 4.74 Å². The molecule has 0 saturated carbocycles. The molecule has 1 rings (SSSR count). The van der Waals surface area contributed by atoms with Crippen molar-refractivity contribution < 1.29 is 13.2 Å². The summed E-state index contributed by atoms with van der Waals surface area (Å²) in [6.45, 7) is 8.54. The van der Waals surface area contributed by atoms with Gasteiger partial charge in [0.1, 0.15) is 5.75 Å². The van der Waals surface area contributed by atoms with E-state index >= 15 is 0 Å². The Hall–Kier alpha value is -1.07. The van der Waals surface area contributed by atoms with E-state index in [4.69, 9.17) is 9.88 Å². The Balaban J connectivity index is 2.64. The highest BCUT2D eigenvalue weighted by molar-refractivity contribution is 7.89. The minimum atomic E-state index is -3.44. The van der Waals surface area contributed by atoms with Crippen LogP contribution in [0.2, 0.25) is 0 Å². The van der Waals surface area contributed by atoms with E-state index in [1.54, 1.807) is 6.92 Å². The molecule has 1 aromatic carbocycles. The molecule has 19 heavy (non-hydrogen) atoms. The van der Waals surface area contributed by atoms with Crippen molar-refractivity contribution in [3.8, 4) is 5.75 Å². The number of hydrogen-bond acceptors (Lipinski definition) is 3. The second kappa shape index (κ2) is 5.92. The number of primary sulfonamides is 1. The minimum absolute atomic E-state index is 0.0611. The maximum absolute atomic E-state index is 11.0. The lowest BCUT2D eigenvalue weighted by Crippen LogP contribution is -2.25. The van der Waals surface area contributed by atoms with Gasteiger partial charge in [0.05, 0.1) is 12.4 Å². The minimum Gasteiger partial charge on any atom is -0.493 e. The van der Waals surface area contributed by atoms with Gasteiger partial charge in [0.25, 0.3) is 0 Å². The molecule has 1 unspecified atom stereocenters. The lowest BCUT2D eigenvalue weighted by atomic mass is 9.87. The number of benzene rings is 1. The second-order valence-electron chi connectivity index (χ2n) is 6.02. The molecule has 108 valence electrons. The third-order valence-electron chi connectivity index (χ3n) is 2.75. The summed E-state index contributed by atoms with van der Waals surface area (Å²) in [6, 6.07) is 7.86. The molecule has 5 heteroatoms. The number of sulfonamides is 1. The Morgan fingerprint density at radius 1 is 1.32 bits per heavy atom. The van der Waals surface area contributed by atoms with Crippen LogP contribution in [-0.2, 0) is 15.4 Å². The van der Waals surface area contributed by atoms with E-state index in [2.05, 4.69) is 26.8 Å². The maximum atomic E-state index is 11.0. The summed E-state index contributed by atoms with van der Waals surface area (Å²) in [5, 5.41) is 5.00. The molecule has 0 amide bonds. The Bertz CT molecular complexity index is 518. The first kappa shape index (κ1) is 16.0. The van der Waals surface area contributed by atoms with Crippen molar-refractivity contribution in [3.05, 3.63) is 29.8 Å². The van der Waals surface area contributed by atoms with Gasteiger partial charge in [-0.05, 0) is 23.1 Å². The molecule has 0 fully saturated rings. The molecule has 0 saturated heterocycles. The van der Waals surface area contributed by atoms with E-state index in [1.165, 1.54) is 5.56 Å². The van der Waals surface area contributed by atoms with Gasteiger partial charge in [0, 0.05) is 5.92 Å². The first-order chi connectivity index (χ1) is 8.58. The Labute approximate surface area is 116 Å². The van der Waals surface area contributed by atoms with E-state index in [0.717, 1.165) is 5.75 Å². The highest BCUT2D eigenvalue weighted by Gasteiger charge is 2.15. The third kappa shape index (κ3) is 6.07. The van der Waals surface area contributed by atoms with Gasteiger partial charge in [-0.3, -0.25) is 0 Å². The molecule has 1 atom stereocenters. The number of rotatable bonds is 5. The zero-order valence-electron chi connectivity index (χ0n) is 12.0. The second-order valence-corrected chi connectivity index (χ2v) is 7.68. The fraction of sp³-hybridized carbons (Fsp3) is 0.571. The zero-order chi connectivity index (χ0) is 14.7. The van der Waals surface area contributed by atoms with Crippen molar-refractivity contribution in [2.45, 2.75) is 33.1 Å². The molecular weight excluding hydrogens is 262 g/mol. The standard InChI is InChI=1S/C14H23NO3S/c1-11(10-19(15,16)17)9-18-13-7-5-6-12(8-13)14(2,3)4/h5-8,11H,9-10H2,1-4H3,(H2,15,16,17). The summed E-state index contributed by atoms with van der Waals surface area (Å²) < 4.78 is 27.6. The van der Waals surface area contributed by atoms with Crippen LogP contribution in [-0.4, -0.2) is 20.8 Å². The third-order valence-corrected chi connectivity index (χ3v) is 3.79. The summed E-state index contributed by atoms with van der Waals surface area (Å²) in [7, 11) is -3.44. The molecule has 0 aliphatic rings. The number of ether oxygens (including phenoxy) is 1. The van der Waals surface area contributed by atoms with Gasteiger partial charge in [-0.1, -0.05) is 39.8 Å². The van der Waals surface area contributed by atoms with Crippen molar-refractivity contribution in [1.82, 2.24) is 0 Å². The van der Waals surface area contributed by atoms with Crippen molar-refractivity contribution in [2.75, 3.05) is 12.4 Å². The molecule has 0 aliphatic heterocycles. The monoisotopic (exact) mass is 285 g/mol. The summed E-state index contributed by atoms with van der Waals surface area (Å²) in [5.41, 5.74) is 1.25. The smallest absolute Gasteiger partial charge is 0.209 e. The predicted octanol–water partition coefficient (Wildman–Crippen LogP) is 2.29. The molecule has 0 bridgehead atoms. The summed E-state index contributed by atoms with van der Waals surface area (Å²) in [6.07, 6.45) is 0. The first-order valence-electron chi connectivity index (χ1n) is 6.32. The van der Waals surface area contributed by atoms with Crippen molar-refractivity contribution in [2.24, 2.45) is 11.1 Å². The average Bonchev–Trinajstić information content (AvgIpc) is 2.23. The van der Waals surface area contributed by atoms with E-state index in [1.807, 2.05) is 18.2 Å². The van der Waals surface area contributed by atoms with Gasteiger partial charge >= 0.3 is 0 Å². The van der Waals surface area contributed by atoms with Gasteiger partial charge in [-0.25, -0.2) is 13.6 Å². The van der Waals surface area contributed by atoms with Crippen molar-refractivity contribution in [1.29, 1.82) is 0 Å². The van der Waals surface area contributed by atoms with Crippen LogP contribution in [0, 0.1) is 5.92 Å². The Kier molecular flexibility index (Phi) is 4.98. The van der Waals surface area contributed by atoms with Crippen LogP contribution in [0.1, 0.15) is 33.3 Å². The van der Waals surface area contributed by atoms with Gasteiger partial charge in [-0.2, -0.15) is 0 Å². The summed E-state index contributed by atoms with van der Waals surface area (Å²) >= 11 is 0. The van der Waals surface area contributed by atoms with Crippen LogP contribution in [0.4, 0.5) is 0 Å². The van der Waals surface area contributed by atoms with E-state index in [9.17, 15) is 8.42 Å². The molecular formula is C14H23NO3S. The van der Waals surface area contributed by atoms with Crippen LogP contribution < -0.4 is 9.88 Å². The molecule has 0 aliphatic carbocycles. The number of nitrogens with two attached hydrogens (primary N) is 1. The Morgan fingerprint density at radius 3 is 2.47 bits per heavy atom. The normalized spacial score (nSPS) is 14.2. The predicted molar refractivity (Wildman–Crippen MR) is 77.8 cm³/mol. The largest absolute Gasteiger partial charge is 0.493 e. The van der Waals surface area contributed by atoms with Gasteiger partial charge in [0.15, 0.2) is 0 Å². The molecule has 1 aromatic rings. The van der Waals surface area contributed by atoms with Gasteiger partial charge in [0.2, 0.25) is 10.0 Å². The van der Waals surface area contributed by atoms with Crippen LogP contribution in [0.25, 0.3) is 0 Å². The van der Waals surface area contributed by atoms with Crippen LogP contribution in [0.15, 0.2) is 24.3 Å². The topological polar surface area (TPSA) is 69.4 Å². The molecule has 4 nitrogen and oxygen atoms in total. The maximum Gasteiger partial charge on any atom is 0.209 e. The fourth-order valence-corrected chi connectivity index (χ4v) is 2.62. The highest BCUT2D eigenvalue weighted by Crippen LogP contribution is 2.25.